The predicted molar refractivity (Wildman–Crippen MR) is 119 cm³/mol. The van der Waals surface area contributed by atoms with E-state index in [9.17, 15) is 9.18 Å². The number of halogens is 1. The van der Waals surface area contributed by atoms with Gasteiger partial charge in [0, 0.05) is 30.2 Å². The van der Waals surface area contributed by atoms with Crippen molar-refractivity contribution in [3.63, 3.8) is 0 Å². The highest BCUT2D eigenvalue weighted by Gasteiger charge is 2.13. The van der Waals surface area contributed by atoms with E-state index >= 15 is 0 Å². The van der Waals surface area contributed by atoms with Crippen molar-refractivity contribution in [3.05, 3.63) is 72.3 Å². The van der Waals surface area contributed by atoms with Gasteiger partial charge in [0.15, 0.2) is 5.16 Å². The van der Waals surface area contributed by atoms with Gasteiger partial charge in [-0.1, -0.05) is 30.0 Å². The molecule has 5 nitrogen and oxygen atoms in total. The van der Waals surface area contributed by atoms with Gasteiger partial charge in [-0.25, -0.2) is 9.37 Å². The topological polar surface area (TPSA) is 62.7 Å². The Morgan fingerprint density at radius 1 is 1.20 bits per heavy atom. The number of carbonyl (C=O) groups is 1. The van der Waals surface area contributed by atoms with E-state index in [2.05, 4.69) is 21.4 Å². The number of hydrogen-bond acceptors (Lipinski definition) is 3. The number of imidazole rings is 1. The van der Waals surface area contributed by atoms with Crippen molar-refractivity contribution in [2.45, 2.75) is 25.0 Å². The zero-order valence-corrected chi connectivity index (χ0v) is 17.5. The number of thioether (sulfide) groups is 1. The molecule has 0 spiro atoms. The van der Waals surface area contributed by atoms with E-state index < -0.39 is 0 Å². The van der Waals surface area contributed by atoms with Crippen molar-refractivity contribution < 1.29 is 9.18 Å². The van der Waals surface area contributed by atoms with Crippen LogP contribution < -0.4 is 5.32 Å². The molecule has 0 aliphatic rings. The van der Waals surface area contributed by atoms with Crippen LogP contribution in [0.4, 0.5) is 4.39 Å². The number of rotatable bonds is 8. The third kappa shape index (κ3) is 4.41. The monoisotopic (exact) mass is 422 g/mol. The van der Waals surface area contributed by atoms with Gasteiger partial charge in [-0.3, -0.25) is 4.79 Å². The molecule has 1 amide bonds. The van der Waals surface area contributed by atoms with Crippen LogP contribution in [0.15, 0.2) is 66.1 Å². The van der Waals surface area contributed by atoms with Gasteiger partial charge in [-0.15, -0.1) is 0 Å². The smallest absolute Gasteiger partial charge is 0.230 e. The number of benzene rings is 2. The second-order valence-corrected chi connectivity index (χ2v) is 7.87. The molecule has 4 aromatic rings. The van der Waals surface area contributed by atoms with Gasteiger partial charge in [0.25, 0.3) is 0 Å². The molecule has 2 aromatic carbocycles. The summed E-state index contributed by atoms with van der Waals surface area (Å²) in [7, 11) is 0. The average Bonchev–Trinajstić information content (AvgIpc) is 3.37. The van der Waals surface area contributed by atoms with Gasteiger partial charge in [0.05, 0.1) is 17.6 Å². The molecule has 0 saturated carbocycles. The molecule has 0 radical (unpaired) electrons. The van der Waals surface area contributed by atoms with E-state index in [0.29, 0.717) is 12.3 Å². The zero-order valence-electron chi connectivity index (χ0n) is 16.7. The van der Waals surface area contributed by atoms with E-state index in [0.717, 1.165) is 34.9 Å². The number of fused-ring (bicyclic) bond motifs is 1. The average molecular weight is 423 g/mol. The van der Waals surface area contributed by atoms with Crippen molar-refractivity contribution in [2.75, 3.05) is 12.3 Å². The maximum atomic E-state index is 13.2. The predicted octanol–water partition coefficient (Wildman–Crippen LogP) is 4.64. The van der Waals surface area contributed by atoms with Gasteiger partial charge >= 0.3 is 0 Å². The maximum Gasteiger partial charge on any atom is 0.230 e. The Labute approximate surface area is 178 Å². The first-order valence-corrected chi connectivity index (χ1v) is 10.9. The molecular weight excluding hydrogens is 399 g/mol. The largest absolute Gasteiger partial charge is 0.361 e. The van der Waals surface area contributed by atoms with Crippen molar-refractivity contribution >= 4 is 28.6 Å². The lowest BCUT2D eigenvalue weighted by molar-refractivity contribution is -0.118. The molecule has 0 aliphatic carbocycles. The Kier molecular flexibility index (Phi) is 6.18. The summed E-state index contributed by atoms with van der Waals surface area (Å²) in [5.41, 5.74) is 4.13. The molecule has 0 unspecified atom stereocenters. The van der Waals surface area contributed by atoms with Crippen LogP contribution >= 0.6 is 11.8 Å². The molecule has 2 aromatic heterocycles. The van der Waals surface area contributed by atoms with E-state index in [-0.39, 0.29) is 11.7 Å². The molecule has 30 heavy (non-hydrogen) atoms. The molecule has 0 bridgehead atoms. The summed E-state index contributed by atoms with van der Waals surface area (Å²) < 4.78 is 15.2. The summed E-state index contributed by atoms with van der Waals surface area (Å²) in [6.45, 7) is 3.33. The lowest BCUT2D eigenvalue weighted by atomic mass is 10.1. The van der Waals surface area contributed by atoms with E-state index in [1.54, 1.807) is 18.3 Å². The number of nitrogens with one attached hydrogen (secondary N) is 2. The third-order valence-corrected chi connectivity index (χ3v) is 5.99. The van der Waals surface area contributed by atoms with Gasteiger partial charge in [0.2, 0.25) is 5.91 Å². The highest BCUT2D eigenvalue weighted by molar-refractivity contribution is 7.99. The van der Waals surface area contributed by atoms with Crippen molar-refractivity contribution in [1.82, 2.24) is 19.9 Å². The Balaban J connectivity index is 1.32. The summed E-state index contributed by atoms with van der Waals surface area (Å²) in [6.07, 6.45) is 4.55. The van der Waals surface area contributed by atoms with Crippen LogP contribution in [0.2, 0.25) is 0 Å². The molecule has 0 fully saturated rings. The number of nitrogens with zero attached hydrogens (tertiary/aromatic N) is 2. The number of aromatic nitrogens is 3. The summed E-state index contributed by atoms with van der Waals surface area (Å²) in [5.74, 6) is 0.0161. The Morgan fingerprint density at radius 3 is 2.80 bits per heavy atom. The maximum absolute atomic E-state index is 13.2. The van der Waals surface area contributed by atoms with E-state index in [1.165, 1.54) is 34.8 Å². The second kappa shape index (κ2) is 9.17. The van der Waals surface area contributed by atoms with E-state index in [1.807, 2.05) is 35.9 Å². The number of aromatic amines is 1. The van der Waals surface area contributed by atoms with Crippen LogP contribution in [0.5, 0.6) is 0 Å². The molecule has 154 valence electrons. The Hall–Kier alpha value is -3.06. The number of amides is 1. The van der Waals surface area contributed by atoms with Crippen molar-refractivity contribution in [1.29, 1.82) is 0 Å². The molecular formula is C23H23FN4OS. The minimum Gasteiger partial charge on any atom is -0.361 e. The molecule has 4 rings (SSSR count). The zero-order chi connectivity index (χ0) is 20.9. The first kappa shape index (κ1) is 20.2. The fourth-order valence-corrected chi connectivity index (χ4v) is 4.36. The van der Waals surface area contributed by atoms with Crippen molar-refractivity contribution in [2.24, 2.45) is 0 Å². The Morgan fingerprint density at radius 2 is 2.00 bits per heavy atom. The highest BCUT2D eigenvalue weighted by Crippen LogP contribution is 2.26. The lowest BCUT2D eigenvalue weighted by Crippen LogP contribution is -2.27. The minimum absolute atomic E-state index is 0.0196. The summed E-state index contributed by atoms with van der Waals surface area (Å²) >= 11 is 1.41. The second-order valence-electron chi connectivity index (χ2n) is 6.93. The number of para-hydroxylation sites is 1. The third-order valence-electron chi connectivity index (χ3n) is 5.00. The number of H-pyrrole nitrogens is 1. The molecule has 0 aliphatic heterocycles. The van der Waals surface area contributed by atoms with Gasteiger partial charge in [0.1, 0.15) is 5.82 Å². The standard InChI is InChI=1S/C23H23FN4OS/c1-2-28-21(16-7-9-18(24)10-8-16)14-27-23(28)30-15-22(29)25-12-11-17-13-26-20-6-4-3-5-19(17)20/h3-10,13-14,26H,2,11-12,15H2,1H3,(H,25,29). The minimum atomic E-state index is -0.264. The van der Waals surface area contributed by atoms with Crippen LogP contribution in [-0.2, 0) is 17.8 Å². The van der Waals surface area contributed by atoms with Gasteiger partial charge < -0.3 is 14.9 Å². The van der Waals surface area contributed by atoms with Crippen LogP contribution in [0.25, 0.3) is 22.2 Å². The summed E-state index contributed by atoms with van der Waals surface area (Å²) in [4.78, 5) is 20.0. The fourth-order valence-electron chi connectivity index (χ4n) is 3.49. The molecule has 0 saturated heterocycles. The normalized spacial score (nSPS) is 11.1. The van der Waals surface area contributed by atoms with Crippen LogP contribution in [0, 0.1) is 5.82 Å². The SMILES string of the molecule is CCn1c(-c2ccc(F)cc2)cnc1SCC(=O)NCCc1c[nH]c2ccccc12. The van der Waals surface area contributed by atoms with Crippen LogP contribution in [0.3, 0.4) is 0 Å². The number of hydrogen-bond donors (Lipinski definition) is 2. The first-order valence-electron chi connectivity index (χ1n) is 9.91. The number of carbonyl (C=O) groups excluding carboxylic acids is 1. The summed E-state index contributed by atoms with van der Waals surface area (Å²) in [5, 5.41) is 4.96. The van der Waals surface area contributed by atoms with Crippen LogP contribution in [-0.4, -0.2) is 32.7 Å². The highest BCUT2D eigenvalue weighted by atomic mass is 32.2. The fraction of sp³-hybridized carbons (Fsp3) is 0.217. The van der Waals surface area contributed by atoms with Crippen LogP contribution in [0.1, 0.15) is 12.5 Å². The lowest BCUT2D eigenvalue weighted by Gasteiger charge is -2.09. The Bertz CT molecular complexity index is 1150. The van der Waals surface area contributed by atoms with E-state index in [4.69, 9.17) is 0 Å². The molecule has 2 heterocycles. The molecule has 0 atom stereocenters. The summed E-state index contributed by atoms with van der Waals surface area (Å²) in [6, 6.07) is 14.5. The first-order chi connectivity index (χ1) is 14.7. The quantitative estimate of drug-likeness (QED) is 0.407. The van der Waals surface area contributed by atoms with Gasteiger partial charge in [-0.2, -0.15) is 0 Å². The van der Waals surface area contributed by atoms with Gasteiger partial charge in [-0.05, 0) is 54.8 Å². The molecule has 7 heteroatoms. The van der Waals surface area contributed by atoms with Crippen molar-refractivity contribution in [3.8, 4) is 11.3 Å². The molecule has 2 N–H and O–H groups in total.